The lowest BCUT2D eigenvalue weighted by Gasteiger charge is -2.47. The van der Waals surface area contributed by atoms with Crippen molar-refractivity contribution in [2.24, 2.45) is 0 Å². The lowest BCUT2D eigenvalue weighted by Crippen LogP contribution is -2.58. The van der Waals surface area contributed by atoms with Gasteiger partial charge in [-0.3, -0.25) is 9.78 Å². The van der Waals surface area contributed by atoms with Crippen LogP contribution in [0.5, 0.6) is 0 Å². The van der Waals surface area contributed by atoms with Gasteiger partial charge in [-0.2, -0.15) is 0 Å². The van der Waals surface area contributed by atoms with Gasteiger partial charge in [0.2, 0.25) is 0 Å². The summed E-state index contributed by atoms with van der Waals surface area (Å²) < 4.78 is 5.97. The fraction of sp³-hybridized carbons (Fsp3) is 0.571. The van der Waals surface area contributed by atoms with Crippen molar-refractivity contribution in [1.82, 2.24) is 9.88 Å². The van der Waals surface area contributed by atoms with E-state index in [0.717, 1.165) is 0 Å². The number of pyridine rings is 1. The topological polar surface area (TPSA) is 42.4 Å². The molecule has 1 aliphatic rings. The van der Waals surface area contributed by atoms with Crippen LogP contribution in [0.25, 0.3) is 0 Å². The summed E-state index contributed by atoms with van der Waals surface area (Å²) in [7, 11) is 0. The van der Waals surface area contributed by atoms with Gasteiger partial charge < -0.3 is 9.64 Å². The molecule has 104 valence electrons. The minimum Gasteiger partial charge on any atom is -0.366 e. The van der Waals surface area contributed by atoms with Gasteiger partial charge in [0.1, 0.15) is 0 Å². The Hall–Kier alpha value is -1.13. The van der Waals surface area contributed by atoms with Crippen molar-refractivity contribution in [3.8, 4) is 0 Å². The minimum atomic E-state index is -0.369. The summed E-state index contributed by atoms with van der Waals surface area (Å²) in [5.41, 5.74) is -0.296. The Morgan fingerprint density at radius 3 is 2.42 bits per heavy atom. The van der Waals surface area contributed by atoms with E-state index < -0.39 is 0 Å². The van der Waals surface area contributed by atoms with Crippen LogP contribution in [0.3, 0.4) is 0 Å². The van der Waals surface area contributed by atoms with Crippen LogP contribution >= 0.6 is 11.6 Å². The van der Waals surface area contributed by atoms with E-state index in [4.69, 9.17) is 16.3 Å². The molecule has 5 heteroatoms. The van der Waals surface area contributed by atoms with Gasteiger partial charge in [0, 0.05) is 25.5 Å². The van der Waals surface area contributed by atoms with Crippen molar-refractivity contribution < 1.29 is 9.53 Å². The molecular formula is C14H19ClN2O2. The zero-order valence-corrected chi connectivity index (χ0v) is 12.5. The van der Waals surface area contributed by atoms with E-state index in [2.05, 4.69) is 4.98 Å². The van der Waals surface area contributed by atoms with E-state index in [1.165, 1.54) is 6.20 Å². The average molecular weight is 283 g/mol. The Kier molecular flexibility index (Phi) is 3.58. The first kappa shape index (κ1) is 14.3. The van der Waals surface area contributed by atoms with E-state index in [9.17, 15) is 4.79 Å². The number of amides is 1. The number of carbonyl (C=O) groups is 1. The number of carbonyl (C=O) groups excluding carboxylic acids is 1. The summed E-state index contributed by atoms with van der Waals surface area (Å²) in [4.78, 5) is 18.3. The second kappa shape index (κ2) is 4.76. The lowest BCUT2D eigenvalue weighted by atomic mass is 9.98. The third-order valence-electron chi connectivity index (χ3n) is 2.98. The lowest BCUT2D eigenvalue weighted by molar-refractivity contribution is -0.171. The number of rotatable bonds is 1. The van der Waals surface area contributed by atoms with Gasteiger partial charge in [-0.1, -0.05) is 11.6 Å². The van der Waals surface area contributed by atoms with Crippen LogP contribution < -0.4 is 0 Å². The van der Waals surface area contributed by atoms with Crippen LogP contribution in [0, 0.1) is 0 Å². The van der Waals surface area contributed by atoms with E-state index in [1.807, 2.05) is 27.7 Å². The third-order valence-corrected chi connectivity index (χ3v) is 3.31. The summed E-state index contributed by atoms with van der Waals surface area (Å²) in [6.45, 7) is 9.02. The quantitative estimate of drug-likeness (QED) is 0.795. The molecule has 1 amide bonds. The first-order valence-corrected chi connectivity index (χ1v) is 6.67. The van der Waals surface area contributed by atoms with Crippen molar-refractivity contribution in [3.63, 3.8) is 0 Å². The summed E-state index contributed by atoms with van der Waals surface area (Å²) in [5, 5.41) is 0.433. The van der Waals surface area contributed by atoms with Crippen LogP contribution in [0.1, 0.15) is 38.1 Å². The summed E-state index contributed by atoms with van der Waals surface area (Å²) in [5.74, 6) is -0.0949. The Bertz CT molecular complexity index is 484. The minimum absolute atomic E-state index is 0.0949. The van der Waals surface area contributed by atoms with E-state index in [1.54, 1.807) is 17.2 Å². The van der Waals surface area contributed by atoms with Crippen LogP contribution in [0.4, 0.5) is 0 Å². The number of nitrogens with zero attached hydrogens (tertiary/aromatic N) is 2. The molecule has 0 aromatic carbocycles. The second-order valence-electron chi connectivity index (χ2n) is 6.14. The van der Waals surface area contributed by atoms with E-state index in [0.29, 0.717) is 23.7 Å². The van der Waals surface area contributed by atoms with Gasteiger partial charge in [0.15, 0.2) is 0 Å². The summed E-state index contributed by atoms with van der Waals surface area (Å²) >= 11 is 6.06. The van der Waals surface area contributed by atoms with Gasteiger partial charge in [0.25, 0.3) is 5.91 Å². The molecule has 0 aliphatic carbocycles. The van der Waals surface area contributed by atoms with Crippen LogP contribution in [0.2, 0.25) is 5.02 Å². The molecule has 1 aromatic heterocycles. The highest BCUT2D eigenvalue weighted by atomic mass is 35.5. The average Bonchev–Trinajstić information content (AvgIpc) is 2.24. The smallest absolute Gasteiger partial charge is 0.257 e. The number of hydrogen-bond acceptors (Lipinski definition) is 3. The highest BCUT2D eigenvalue weighted by molar-refractivity contribution is 6.33. The van der Waals surface area contributed by atoms with Crippen LogP contribution in [-0.4, -0.2) is 40.1 Å². The van der Waals surface area contributed by atoms with E-state index in [-0.39, 0.29) is 17.1 Å². The zero-order valence-electron chi connectivity index (χ0n) is 11.7. The Balaban J connectivity index is 2.27. The fourth-order valence-corrected chi connectivity index (χ4v) is 2.82. The standard InChI is InChI=1S/C14H19ClN2O2/c1-13(2)8-17(9-14(3,4)19-13)12(18)10-7-16-6-5-11(10)15/h5-7H,8-9H2,1-4H3. The molecule has 2 heterocycles. The second-order valence-corrected chi connectivity index (χ2v) is 6.55. The molecule has 0 atom stereocenters. The molecule has 1 saturated heterocycles. The molecule has 0 spiro atoms. The maximum Gasteiger partial charge on any atom is 0.257 e. The van der Waals surface area contributed by atoms with Crippen molar-refractivity contribution in [3.05, 3.63) is 29.0 Å². The molecule has 2 rings (SSSR count). The maximum absolute atomic E-state index is 12.5. The highest BCUT2D eigenvalue weighted by Gasteiger charge is 2.40. The summed E-state index contributed by atoms with van der Waals surface area (Å²) in [6, 6.07) is 1.63. The Morgan fingerprint density at radius 2 is 1.89 bits per heavy atom. The summed E-state index contributed by atoms with van der Waals surface area (Å²) in [6.07, 6.45) is 3.09. The molecule has 0 radical (unpaired) electrons. The number of aromatic nitrogens is 1. The number of ether oxygens (including phenoxy) is 1. The van der Waals surface area contributed by atoms with Gasteiger partial charge >= 0.3 is 0 Å². The van der Waals surface area contributed by atoms with Crippen molar-refractivity contribution in [2.45, 2.75) is 38.9 Å². The van der Waals surface area contributed by atoms with E-state index >= 15 is 0 Å². The first-order valence-electron chi connectivity index (χ1n) is 6.29. The van der Waals surface area contributed by atoms with Crippen molar-refractivity contribution >= 4 is 17.5 Å². The Labute approximate surface area is 118 Å². The SMILES string of the molecule is CC1(C)CN(C(=O)c2cnccc2Cl)CC(C)(C)O1. The van der Waals surface area contributed by atoms with Gasteiger partial charge in [-0.05, 0) is 33.8 Å². The van der Waals surface area contributed by atoms with Crippen molar-refractivity contribution in [2.75, 3.05) is 13.1 Å². The monoisotopic (exact) mass is 282 g/mol. The normalized spacial score (nSPS) is 21.2. The third kappa shape index (κ3) is 3.25. The molecule has 0 saturated carbocycles. The molecule has 1 aliphatic heterocycles. The maximum atomic E-state index is 12.5. The van der Waals surface area contributed by atoms with Gasteiger partial charge in [-0.15, -0.1) is 0 Å². The predicted molar refractivity (Wildman–Crippen MR) is 74.4 cm³/mol. The Morgan fingerprint density at radius 1 is 1.32 bits per heavy atom. The van der Waals surface area contributed by atoms with Crippen LogP contribution in [-0.2, 0) is 4.74 Å². The number of morpholine rings is 1. The molecule has 4 nitrogen and oxygen atoms in total. The molecule has 1 aromatic rings. The molecule has 0 bridgehead atoms. The van der Waals surface area contributed by atoms with Gasteiger partial charge in [0.05, 0.1) is 21.8 Å². The molecule has 19 heavy (non-hydrogen) atoms. The van der Waals surface area contributed by atoms with Gasteiger partial charge in [-0.25, -0.2) is 0 Å². The highest BCUT2D eigenvalue weighted by Crippen LogP contribution is 2.29. The molecule has 1 fully saturated rings. The largest absolute Gasteiger partial charge is 0.366 e. The number of hydrogen-bond donors (Lipinski definition) is 0. The first-order chi connectivity index (χ1) is 8.70. The zero-order chi connectivity index (χ0) is 14.3. The number of halogens is 1. The van der Waals surface area contributed by atoms with Crippen molar-refractivity contribution in [1.29, 1.82) is 0 Å². The molecule has 0 unspecified atom stereocenters. The van der Waals surface area contributed by atoms with Crippen LogP contribution in [0.15, 0.2) is 18.5 Å². The molecule has 0 N–H and O–H groups in total. The predicted octanol–water partition coefficient (Wildman–Crippen LogP) is 2.76. The fourth-order valence-electron chi connectivity index (χ4n) is 2.64. The molecular weight excluding hydrogens is 264 g/mol.